The van der Waals surface area contributed by atoms with E-state index in [0.29, 0.717) is 25.9 Å². The van der Waals surface area contributed by atoms with Crippen LogP contribution >= 0.6 is 0 Å². The number of fused-ring (bicyclic) bond motifs is 2. The number of nitrogens with one attached hydrogen (secondary N) is 1. The van der Waals surface area contributed by atoms with Crippen LogP contribution in [0.15, 0.2) is 42.9 Å². The van der Waals surface area contributed by atoms with Crippen LogP contribution in [-0.2, 0) is 6.42 Å². The minimum atomic E-state index is -0.895. The van der Waals surface area contributed by atoms with Gasteiger partial charge in [0.25, 0.3) is 0 Å². The lowest BCUT2D eigenvalue weighted by Crippen LogP contribution is -2.63. The van der Waals surface area contributed by atoms with Crippen molar-refractivity contribution in [1.29, 1.82) is 0 Å². The monoisotopic (exact) mass is 395 g/mol. The lowest BCUT2D eigenvalue weighted by Gasteiger charge is -2.49. The van der Waals surface area contributed by atoms with Gasteiger partial charge in [0, 0.05) is 19.3 Å². The lowest BCUT2D eigenvalue weighted by atomic mass is 9.77. The first-order valence-corrected chi connectivity index (χ1v) is 9.88. The fourth-order valence-corrected chi connectivity index (χ4v) is 5.22. The number of anilines is 1. The van der Waals surface area contributed by atoms with Crippen molar-refractivity contribution in [3.05, 3.63) is 54.2 Å². The average molecular weight is 395 g/mol. The minimum Gasteiger partial charge on any atom is -0.465 e. The van der Waals surface area contributed by atoms with E-state index in [1.807, 2.05) is 12.3 Å². The Hall–Kier alpha value is -3.16. The molecule has 8 heteroatoms. The maximum absolute atomic E-state index is 13.4. The second kappa shape index (κ2) is 6.72. The number of H-pyrrole nitrogens is 1. The number of nitrogens with zero attached hydrogens (tertiary/aromatic N) is 4. The number of hydrogen-bond donors (Lipinski definition) is 2. The Morgan fingerprint density at radius 3 is 2.86 bits per heavy atom. The van der Waals surface area contributed by atoms with Crippen molar-refractivity contribution in [2.45, 2.75) is 37.3 Å². The second-order valence-corrected chi connectivity index (χ2v) is 7.88. The first-order valence-electron chi connectivity index (χ1n) is 9.88. The Morgan fingerprint density at radius 2 is 2.07 bits per heavy atom. The summed E-state index contributed by atoms with van der Waals surface area (Å²) in [7, 11) is 0. The number of rotatable bonds is 3. The molecular weight excluding hydrogens is 373 g/mol. The average Bonchev–Trinajstić information content (AvgIpc) is 3.34. The summed E-state index contributed by atoms with van der Waals surface area (Å²) in [4.78, 5) is 28.0. The molecule has 0 saturated carbocycles. The number of benzene rings is 1. The maximum Gasteiger partial charge on any atom is 0.407 e. The molecule has 29 heavy (non-hydrogen) atoms. The van der Waals surface area contributed by atoms with Gasteiger partial charge in [-0.05, 0) is 49.4 Å². The van der Waals surface area contributed by atoms with E-state index < -0.39 is 11.6 Å². The molecule has 0 aliphatic carbocycles. The first-order chi connectivity index (χ1) is 14.1. The summed E-state index contributed by atoms with van der Waals surface area (Å²) in [5, 5.41) is 10.9. The SMILES string of the molecule is O=C(O)N1CCCC2N(c3ncnc4[nH]ccc34)CCC21Cc1ccc(F)cc1. The molecule has 2 aliphatic heterocycles. The van der Waals surface area contributed by atoms with Gasteiger partial charge in [-0.2, -0.15) is 0 Å². The van der Waals surface area contributed by atoms with Gasteiger partial charge in [-0.15, -0.1) is 0 Å². The molecule has 1 amide bonds. The van der Waals surface area contributed by atoms with Crippen LogP contribution in [0.3, 0.4) is 0 Å². The number of piperidine rings is 1. The number of hydrogen-bond acceptors (Lipinski definition) is 4. The van der Waals surface area contributed by atoms with E-state index in [9.17, 15) is 14.3 Å². The summed E-state index contributed by atoms with van der Waals surface area (Å²) in [5.74, 6) is 0.555. The minimum absolute atomic E-state index is 0.00500. The van der Waals surface area contributed by atoms with Crippen LogP contribution in [-0.4, -0.2) is 55.7 Å². The molecule has 0 spiro atoms. The maximum atomic E-state index is 13.4. The molecule has 2 aromatic heterocycles. The zero-order chi connectivity index (χ0) is 20.0. The van der Waals surface area contributed by atoms with E-state index in [1.165, 1.54) is 12.1 Å². The molecule has 2 unspecified atom stereocenters. The van der Waals surface area contributed by atoms with Crippen LogP contribution in [0.4, 0.5) is 15.0 Å². The smallest absolute Gasteiger partial charge is 0.407 e. The number of carbonyl (C=O) groups is 1. The molecule has 2 aliphatic rings. The Kier molecular flexibility index (Phi) is 4.15. The molecule has 2 atom stereocenters. The zero-order valence-corrected chi connectivity index (χ0v) is 15.9. The third kappa shape index (κ3) is 2.82. The number of halogens is 1. The van der Waals surface area contributed by atoms with Crippen LogP contribution < -0.4 is 4.90 Å². The summed E-state index contributed by atoms with van der Waals surface area (Å²) in [6.45, 7) is 1.23. The standard InChI is InChI=1S/C21H22FN5O2/c22-15-5-3-14(4-6-15)12-21-8-11-26(17(21)2-1-10-27(21)20(28)29)19-16-7-9-23-18(16)24-13-25-19/h3-7,9,13,17H,1-2,8,10-12H2,(H,28,29)(H,23,24,25). The van der Waals surface area contributed by atoms with Gasteiger partial charge < -0.3 is 19.9 Å². The summed E-state index contributed by atoms with van der Waals surface area (Å²) in [5.41, 5.74) is 1.16. The lowest BCUT2D eigenvalue weighted by molar-refractivity contribution is 0.0450. The number of amides is 1. The quantitative estimate of drug-likeness (QED) is 0.710. The van der Waals surface area contributed by atoms with Crippen molar-refractivity contribution in [2.75, 3.05) is 18.0 Å². The highest BCUT2D eigenvalue weighted by molar-refractivity contribution is 5.87. The second-order valence-electron chi connectivity index (χ2n) is 7.88. The molecule has 4 heterocycles. The molecule has 7 nitrogen and oxygen atoms in total. The van der Waals surface area contributed by atoms with Crippen molar-refractivity contribution >= 4 is 22.9 Å². The van der Waals surface area contributed by atoms with Crippen LogP contribution in [0.1, 0.15) is 24.8 Å². The normalized spacial score (nSPS) is 24.1. The van der Waals surface area contributed by atoms with Crippen LogP contribution in [0, 0.1) is 5.82 Å². The topological polar surface area (TPSA) is 85.3 Å². The van der Waals surface area contributed by atoms with Crippen molar-refractivity contribution in [2.24, 2.45) is 0 Å². The van der Waals surface area contributed by atoms with Gasteiger partial charge in [-0.25, -0.2) is 19.2 Å². The molecule has 0 radical (unpaired) electrons. The third-order valence-corrected chi connectivity index (χ3v) is 6.44. The third-order valence-electron chi connectivity index (χ3n) is 6.44. The molecule has 2 N–H and O–H groups in total. The van der Waals surface area contributed by atoms with E-state index in [0.717, 1.165) is 35.3 Å². The predicted octanol–water partition coefficient (Wildman–Crippen LogP) is 3.43. The summed E-state index contributed by atoms with van der Waals surface area (Å²) >= 11 is 0. The number of aromatic nitrogens is 3. The van der Waals surface area contributed by atoms with Crippen LogP contribution in [0.5, 0.6) is 0 Å². The van der Waals surface area contributed by atoms with E-state index in [2.05, 4.69) is 19.9 Å². The highest BCUT2D eigenvalue weighted by Gasteiger charge is 2.55. The van der Waals surface area contributed by atoms with Crippen molar-refractivity contribution in [3.8, 4) is 0 Å². The van der Waals surface area contributed by atoms with E-state index in [-0.39, 0.29) is 11.9 Å². The highest BCUT2D eigenvalue weighted by atomic mass is 19.1. The molecule has 0 bridgehead atoms. The van der Waals surface area contributed by atoms with E-state index in [4.69, 9.17) is 0 Å². The molecule has 2 fully saturated rings. The molecule has 2 saturated heterocycles. The Balaban J connectivity index is 1.58. The van der Waals surface area contributed by atoms with Gasteiger partial charge in [-0.3, -0.25) is 0 Å². The molecule has 150 valence electrons. The highest BCUT2D eigenvalue weighted by Crippen LogP contribution is 2.45. The first kappa shape index (κ1) is 17.9. The van der Waals surface area contributed by atoms with Crippen molar-refractivity contribution in [1.82, 2.24) is 19.9 Å². The molecule has 3 aromatic rings. The van der Waals surface area contributed by atoms with Gasteiger partial charge in [0.2, 0.25) is 0 Å². The van der Waals surface area contributed by atoms with Gasteiger partial charge in [0.1, 0.15) is 23.6 Å². The summed E-state index contributed by atoms with van der Waals surface area (Å²) in [6.07, 6.45) is 5.45. The molecular formula is C21H22FN5O2. The Labute approximate surface area is 167 Å². The predicted molar refractivity (Wildman–Crippen MR) is 106 cm³/mol. The van der Waals surface area contributed by atoms with Gasteiger partial charge in [0.15, 0.2) is 0 Å². The van der Waals surface area contributed by atoms with E-state index >= 15 is 0 Å². The largest absolute Gasteiger partial charge is 0.465 e. The number of likely N-dealkylation sites (tertiary alicyclic amines) is 1. The summed E-state index contributed by atoms with van der Waals surface area (Å²) < 4.78 is 13.4. The fraction of sp³-hybridized carbons (Fsp3) is 0.381. The van der Waals surface area contributed by atoms with Crippen molar-refractivity contribution < 1.29 is 14.3 Å². The van der Waals surface area contributed by atoms with Crippen LogP contribution in [0.2, 0.25) is 0 Å². The summed E-state index contributed by atoms with van der Waals surface area (Å²) in [6, 6.07) is 8.36. The zero-order valence-electron chi connectivity index (χ0n) is 15.9. The van der Waals surface area contributed by atoms with Gasteiger partial charge >= 0.3 is 6.09 Å². The van der Waals surface area contributed by atoms with Crippen LogP contribution in [0.25, 0.3) is 11.0 Å². The van der Waals surface area contributed by atoms with Gasteiger partial charge in [-0.1, -0.05) is 12.1 Å². The number of aromatic amines is 1. The van der Waals surface area contributed by atoms with Gasteiger partial charge in [0.05, 0.1) is 17.0 Å². The molecule has 5 rings (SSSR count). The molecule has 1 aromatic carbocycles. The fourth-order valence-electron chi connectivity index (χ4n) is 5.22. The van der Waals surface area contributed by atoms with E-state index in [1.54, 1.807) is 23.4 Å². The Bertz CT molecular complexity index is 1050. The number of carboxylic acid groups (broad SMARTS) is 1. The van der Waals surface area contributed by atoms with Crippen molar-refractivity contribution in [3.63, 3.8) is 0 Å². The Morgan fingerprint density at radius 1 is 1.24 bits per heavy atom.